The molecule has 2 N–H and O–H groups in total. The summed E-state index contributed by atoms with van der Waals surface area (Å²) in [7, 11) is 1.61. The van der Waals surface area contributed by atoms with E-state index in [4.69, 9.17) is 10.5 Å². The summed E-state index contributed by atoms with van der Waals surface area (Å²) in [6.07, 6.45) is 1.91. The fourth-order valence-corrected chi connectivity index (χ4v) is 2.89. The van der Waals surface area contributed by atoms with E-state index < -0.39 is 5.54 Å². The average Bonchev–Trinajstić information content (AvgIpc) is 3.33. The Hall–Kier alpha value is -1.79. The standard InChI is InChI=1S/C17H23N3O3.ClH/c1-23-14-4-2-3-13(11-14)12-15(21)19-7-9-20(10-8-19)16(22)17(18)5-6-17;/h2-4,11H,5-10,12,18H2,1H3;1H. The molecule has 0 spiro atoms. The Labute approximate surface area is 148 Å². The summed E-state index contributed by atoms with van der Waals surface area (Å²) in [4.78, 5) is 28.2. The Morgan fingerprint density at radius 3 is 2.38 bits per heavy atom. The second-order valence-corrected chi connectivity index (χ2v) is 6.36. The van der Waals surface area contributed by atoms with Crippen LogP contribution in [0.25, 0.3) is 0 Å². The van der Waals surface area contributed by atoms with Crippen LogP contribution in [0.1, 0.15) is 18.4 Å². The maximum atomic E-state index is 12.4. The van der Waals surface area contributed by atoms with Crippen LogP contribution in [0.15, 0.2) is 24.3 Å². The highest BCUT2D eigenvalue weighted by atomic mass is 35.5. The van der Waals surface area contributed by atoms with Crippen molar-refractivity contribution in [2.75, 3.05) is 33.3 Å². The van der Waals surface area contributed by atoms with Gasteiger partial charge in [-0.1, -0.05) is 12.1 Å². The van der Waals surface area contributed by atoms with Gasteiger partial charge in [-0.15, -0.1) is 12.4 Å². The number of piperazine rings is 1. The van der Waals surface area contributed by atoms with Crippen molar-refractivity contribution in [3.05, 3.63) is 29.8 Å². The van der Waals surface area contributed by atoms with Crippen LogP contribution in [0.3, 0.4) is 0 Å². The SMILES string of the molecule is COc1cccc(CC(=O)N2CCN(C(=O)C3(N)CC3)CC2)c1.Cl. The number of rotatable bonds is 4. The summed E-state index contributed by atoms with van der Waals surface area (Å²) in [6, 6.07) is 7.54. The molecular formula is C17H24ClN3O3. The number of nitrogens with zero attached hydrogens (tertiary/aromatic N) is 2. The summed E-state index contributed by atoms with van der Waals surface area (Å²) < 4.78 is 5.18. The summed E-state index contributed by atoms with van der Waals surface area (Å²) in [5.74, 6) is 0.875. The number of nitrogens with two attached hydrogens (primary N) is 1. The van der Waals surface area contributed by atoms with E-state index in [-0.39, 0.29) is 24.2 Å². The number of hydrogen-bond donors (Lipinski definition) is 1. The minimum absolute atomic E-state index is 0. The van der Waals surface area contributed by atoms with Crippen molar-refractivity contribution >= 4 is 24.2 Å². The van der Waals surface area contributed by atoms with Crippen molar-refractivity contribution in [1.29, 1.82) is 0 Å². The van der Waals surface area contributed by atoms with Crippen LogP contribution in [0.5, 0.6) is 5.75 Å². The van der Waals surface area contributed by atoms with Gasteiger partial charge in [0.2, 0.25) is 11.8 Å². The van der Waals surface area contributed by atoms with Crippen molar-refractivity contribution in [1.82, 2.24) is 9.80 Å². The van der Waals surface area contributed by atoms with E-state index >= 15 is 0 Å². The largest absolute Gasteiger partial charge is 0.497 e. The Balaban J connectivity index is 0.00000208. The maximum Gasteiger partial charge on any atom is 0.242 e. The van der Waals surface area contributed by atoms with Crippen LogP contribution in [0.4, 0.5) is 0 Å². The lowest BCUT2D eigenvalue weighted by atomic mass is 10.1. The van der Waals surface area contributed by atoms with Crippen molar-refractivity contribution in [3.63, 3.8) is 0 Å². The molecule has 0 radical (unpaired) electrons. The van der Waals surface area contributed by atoms with E-state index in [1.165, 1.54) is 0 Å². The summed E-state index contributed by atoms with van der Waals surface area (Å²) in [5.41, 5.74) is 6.28. The fourth-order valence-electron chi connectivity index (χ4n) is 2.89. The zero-order valence-electron chi connectivity index (χ0n) is 13.9. The molecule has 1 saturated carbocycles. The van der Waals surface area contributed by atoms with Gasteiger partial charge in [-0.05, 0) is 30.5 Å². The Morgan fingerprint density at radius 2 is 1.79 bits per heavy atom. The first-order valence-corrected chi connectivity index (χ1v) is 8.01. The molecule has 2 fully saturated rings. The molecule has 1 aliphatic heterocycles. The highest BCUT2D eigenvalue weighted by molar-refractivity contribution is 5.89. The molecule has 7 heteroatoms. The molecule has 1 saturated heterocycles. The topological polar surface area (TPSA) is 75.9 Å². The van der Waals surface area contributed by atoms with Gasteiger partial charge in [-0.2, -0.15) is 0 Å². The van der Waals surface area contributed by atoms with Gasteiger partial charge in [0, 0.05) is 26.2 Å². The van der Waals surface area contributed by atoms with Crippen LogP contribution in [0, 0.1) is 0 Å². The molecule has 2 aliphatic rings. The zero-order chi connectivity index (χ0) is 16.4. The van der Waals surface area contributed by atoms with E-state index in [1.807, 2.05) is 29.2 Å². The van der Waals surface area contributed by atoms with E-state index in [2.05, 4.69) is 0 Å². The summed E-state index contributed by atoms with van der Waals surface area (Å²) in [5, 5.41) is 0. The average molecular weight is 354 g/mol. The van der Waals surface area contributed by atoms with Gasteiger partial charge in [0.15, 0.2) is 0 Å². The van der Waals surface area contributed by atoms with Crippen LogP contribution >= 0.6 is 12.4 Å². The third-order valence-electron chi connectivity index (χ3n) is 4.62. The number of hydrogen-bond acceptors (Lipinski definition) is 4. The molecule has 0 unspecified atom stereocenters. The number of amides is 2. The minimum atomic E-state index is -0.618. The fraction of sp³-hybridized carbons (Fsp3) is 0.529. The lowest BCUT2D eigenvalue weighted by Gasteiger charge is -2.36. The highest BCUT2D eigenvalue weighted by Crippen LogP contribution is 2.34. The minimum Gasteiger partial charge on any atom is -0.497 e. The maximum absolute atomic E-state index is 12.4. The smallest absolute Gasteiger partial charge is 0.242 e. The Morgan fingerprint density at radius 1 is 1.17 bits per heavy atom. The van der Waals surface area contributed by atoms with Crippen molar-refractivity contribution < 1.29 is 14.3 Å². The van der Waals surface area contributed by atoms with E-state index in [9.17, 15) is 9.59 Å². The Kier molecular flexibility index (Phi) is 5.72. The third-order valence-corrected chi connectivity index (χ3v) is 4.62. The van der Waals surface area contributed by atoms with Gasteiger partial charge in [0.25, 0.3) is 0 Å². The van der Waals surface area contributed by atoms with Gasteiger partial charge < -0.3 is 20.3 Å². The van der Waals surface area contributed by atoms with Gasteiger partial charge in [0.1, 0.15) is 5.75 Å². The molecule has 6 nitrogen and oxygen atoms in total. The number of halogens is 1. The molecule has 0 aromatic heterocycles. The predicted molar refractivity (Wildman–Crippen MR) is 93.3 cm³/mol. The first-order valence-electron chi connectivity index (χ1n) is 8.01. The summed E-state index contributed by atoms with van der Waals surface area (Å²) in [6.45, 7) is 2.29. The van der Waals surface area contributed by atoms with Gasteiger partial charge in [-0.3, -0.25) is 9.59 Å². The molecule has 2 amide bonds. The predicted octanol–water partition coefficient (Wildman–Crippen LogP) is 0.822. The van der Waals surface area contributed by atoms with Crippen LogP contribution in [-0.4, -0.2) is 60.4 Å². The molecule has 0 bridgehead atoms. The Bertz CT molecular complexity index is 611. The molecule has 24 heavy (non-hydrogen) atoms. The number of carbonyl (C=O) groups is 2. The first-order chi connectivity index (χ1) is 11.0. The quantitative estimate of drug-likeness (QED) is 0.869. The molecule has 1 aromatic rings. The molecule has 1 heterocycles. The second kappa shape index (κ2) is 7.40. The first kappa shape index (κ1) is 18.5. The number of methoxy groups -OCH3 is 1. The lowest BCUT2D eigenvalue weighted by Crippen LogP contribution is -2.55. The molecule has 0 atom stereocenters. The van der Waals surface area contributed by atoms with E-state index in [0.29, 0.717) is 32.6 Å². The van der Waals surface area contributed by atoms with Crippen LogP contribution in [0.2, 0.25) is 0 Å². The second-order valence-electron chi connectivity index (χ2n) is 6.36. The molecular weight excluding hydrogens is 330 g/mol. The van der Waals surface area contributed by atoms with Gasteiger partial charge >= 0.3 is 0 Å². The monoisotopic (exact) mass is 353 g/mol. The van der Waals surface area contributed by atoms with Crippen LogP contribution < -0.4 is 10.5 Å². The lowest BCUT2D eigenvalue weighted by molar-refractivity contribution is -0.140. The van der Waals surface area contributed by atoms with Crippen LogP contribution in [-0.2, 0) is 16.0 Å². The molecule has 1 aromatic carbocycles. The number of ether oxygens (including phenoxy) is 1. The molecule has 3 rings (SSSR count). The van der Waals surface area contributed by atoms with Crippen molar-refractivity contribution in [3.8, 4) is 5.75 Å². The van der Waals surface area contributed by atoms with Gasteiger partial charge in [-0.25, -0.2) is 0 Å². The zero-order valence-corrected chi connectivity index (χ0v) is 14.7. The third kappa shape index (κ3) is 3.99. The van der Waals surface area contributed by atoms with Crippen molar-refractivity contribution in [2.45, 2.75) is 24.8 Å². The van der Waals surface area contributed by atoms with E-state index in [0.717, 1.165) is 24.2 Å². The summed E-state index contributed by atoms with van der Waals surface area (Å²) >= 11 is 0. The van der Waals surface area contributed by atoms with E-state index in [1.54, 1.807) is 12.0 Å². The van der Waals surface area contributed by atoms with Gasteiger partial charge in [0.05, 0.1) is 19.1 Å². The number of benzene rings is 1. The molecule has 132 valence electrons. The number of carbonyl (C=O) groups excluding carboxylic acids is 2. The molecule has 1 aliphatic carbocycles. The highest BCUT2D eigenvalue weighted by Gasteiger charge is 2.48. The van der Waals surface area contributed by atoms with Crippen molar-refractivity contribution in [2.24, 2.45) is 5.73 Å². The normalized spacial score (nSPS) is 18.6.